The third-order valence-corrected chi connectivity index (χ3v) is 3.30. The lowest BCUT2D eigenvalue weighted by Crippen LogP contribution is -2.29. The summed E-state index contributed by atoms with van der Waals surface area (Å²) >= 11 is 0. The average molecular weight is 193 g/mol. The van der Waals surface area contributed by atoms with Crippen LogP contribution < -0.4 is 5.73 Å². The number of rotatable bonds is 3. The minimum Gasteiger partial charge on any atom is -0.327 e. The first kappa shape index (κ1) is 9.66. The molecule has 1 atom stereocenters. The standard InChI is InChI=1S/C12H16FN/c1-9(14)12(5-6-12)8-10-3-2-4-11(13)7-10/h2-4,7,9H,5-6,8,14H2,1H3. The second kappa shape index (κ2) is 3.35. The lowest BCUT2D eigenvalue weighted by atomic mass is 9.90. The summed E-state index contributed by atoms with van der Waals surface area (Å²) in [7, 11) is 0. The van der Waals surface area contributed by atoms with Gasteiger partial charge < -0.3 is 5.73 Å². The van der Waals surface area contributed by atoms with Crippen LogP contribution in [0.1, 0.15) is 25.3 Å². The van der Waals surface area contributed by atoms with Crippen LogP contribution in [0.4, 0.5) is 4.39 Å². The Bertz CT molecular complexity index is 329. The van der Waals surface area contributed by atoms with Crippen molar-refractivity contribution in [2.45, 2.75) is 32.2 Å². The minimum absolute atomic E-state index is 0.150. The highest BCUT2D eigenvalue weighted by atomic mass is 19.1. The van der Waals surface area contributed by atoms with E-state index in [0.29, 0.717) is 0 Å². The second-order valence-corrected chi connectivity index (χ2v) is 4.46. The van der Waals surface area contributed by atoms with Gasteiger partial charge in [0.1, 0.15) is 5.82 Å². The summed E-state index contributed by atoms with van der Waals surface area (Å²) in [6.07, 6.45) is 3.28. The molecule has 14 heavy (non-hydrogen) atoms. The fourth-order valence-corrected chi connectivity index (χ4v) is 2.01. The third-order valence-electron chi connectivity index (χ3n) is 3.30. The van der Waals surface area contributed by atoms with Crippen LogP contribution >= 0.6 is 0 Å². The summed E-state index contributed by atoms with van der Waals surface area (Å²) in [5.74, 6) is -0.150. The Balaban J connectivity index is 2.11. The van der Waals surface area contributed by atoms with Gasteiger partial charge in [-0.1, -0.05) is 12.1 Å². The highest BCUT2D eigenvalue weighted by Gasteiger charge is 2.45. The predicted octanol–water partition coefficient (Wildman–Crippen LogP) is 2.50. The van der Waals surface area contributed by atoms with Crippen molar-refractivity contribution >= 4 is 0 Å². The molecule has 1 aromatic rings. The van der Waals surface area contributed by atoms with Gasteiger partial charge >= 0.3 is 0 Å². The van der Waals surface area contributed by atoms with Crippen molar-refractivity contribution in [3.8, 4) is 0 Å². The Hall–Kier alpha value is -0.890. The van der Waals surface area contributed by atoms with Gasteiger partial charge in [0.15, 0.2) is 0 Å². The molecule has 1 fully saturated rings. The smallest absolute Gasteiger partial charge is 0.123 e. The number of hydrogen-bond acceptors (Lipinski definition) is 1. The summed E-state index contributed by atoms with van der Waals surface area (Å²) < 4.78 is 12.9. The van der Waals surface area contributed by atoms with Crippen LogP contribution in [0.3, 0.4) is 0 Å². The first-order chi connectivity index (χ1) is 6.62. The molecule has 0 heterocycles. The number of benzene rings is 1. The van der Waals surface area contributed by atoms with Crippen LogP contribution in [0.25, 0.3) is 0 Å². The molecule has 0 spiro atoms. The molecule has 1 unspecified atom stereocenters. The minimum atomic E-state index is -0.150. The van der Waals surface area contributed by atoms with Crippen LogP contribution in [0, 0.1) is 11.2 Å². The molecule has 2 N–H and O–H groups in total. The summed E-state index contributed by atoms with van der Waals surface area (Å²) in [6.45, 7) is 2.05. The van der Waals surface area contributed by atoms with Crippen molar-refractivity contribution in [1.29, 1.82) is 0 Å². The third kappa shape index (κ3) is 1.80. The molecule has 0 aromatic heterocycles. The molecule has 0 aliphatic heterocycles. The topological polar surface area (TPSA) is 26.0 Å². The van der Waals surface area contributed by atoms with E-state index >= 15 is 0 Å². The molecular weight excluding hydrogens is 177 g/mol. The Morgan fingerprint density at radius 3 is 2.71 bits per heavy atom. The van der Waals surface area contributed by atoms with Gasteiger partial charge in [0.25, 0.3) is 0 Å². The van der Waals surface area contributed by atoms with Crippen LogP contribution in [0.15, 0.2) is 24.3 Å². The monoisotopic (exact) mass is 193 g/mol. The molecular formula is C12H16FN. The molecule has 1 aliphatic carbocycles. The lowest BCUT2D eigenvalue weighted by Gasteiger charge is -2.19. The first-order valence-corrected chi connectivity index (χ1v) is 5.12. The average Bonchev–Trinajstić information content (AvgIpc) is 2.85. The van der Waals surface area contributed by atoms with E-state index in [2.05, 4.69) is 0 Å². The molecule has 0 radical (unpaired) electrons. The highest BCUT2D eigenvalue weighted by molar-refractivity contribution is 5.20. The van der Waals surface area contributed by atoms with Crippen molar-refractivity contribution in [1.82, 2.24) is 0 Å². The largest absolute Gasteiger partial charge is 0.327 e. The van der Waals surface area contributed by atoms with Gasteiger partial charge in [0, 0.05) is 6.04 Å². The first-order valence-electron chi connectivity index (χ1n) is 5.12. The number of nitrogens with two attached hydrogens (primary N) is 1. The zero-order valence-corrected chi connectivity index (χ0v) is 8.46. The normalized spacial score (nSPS) is 20.5. The Morgan fingerprint density at radius 2 is 2.21 bits per heavy atom. The zero-order chi connectivity index (χ0) is 10.2. The van der Waals surface area contributed by atoms with Crippen molar-refractivity contribution in [3.05, 3.63) is 35.6 Å². The van der Waals surface area contributed by atoms with E-state index in [0.717, 1.165) is 12.0 Å². The van der Waals surface area contributed by atoms with E-state index in [1.54, 1.807) is 12.1 Å². The summed E-state index contributed by atoms with van der Waals surface area (Å²) in [6, 6.07) is 7.05. The van der Waals surface area contributed by atoms with Crippen molar-refractivity contribution in [2.75, 3.05) is 0 Å². The van der Waals surface area contributed by atoms with Gasteiger partial charge in [-0.05, 0) is 49.3 Å². The number of hydrogen-bond donors (Lipinski definition) is 1. The van der Waals surface area contributed by atoms with Gasteiger partial charge in [-0.3, -0.25) is 0 Å². The zero-order valence-electron chi connectivity index (χ0n) is 8.46. The molecule has 0 bridgehead atoms. The molecule has 1 aromatic carbocycles. The van der Waals surface area contributed by atoms with Crippen LogP contribution in [-0.4, -0.2) is 6.04 Å². The van der Waals surface area contributed by atoms with E-state index in [1.165, 1.54) is 18.9 Å². The van der Waals surface area contributed by atoms with E-state index in [-0.39, 0.29) is 17.3 Å². The SMILES string of the molecule is CC(N)C1(Cc2cccc(F)c2)CC1. The van der Waals surface area contributed by atoms with Crippen LogP contribution in [-0.2, 0) is 6.42 Å². The molecule has 1 nitrogen and oxygen atoms in total. The van der Waals surface area contributed by atoms with Crippen LogP contribution in [0.2, 0.25) is 0 Å². The molecule has 76 valence electrons. The van der Waals surface area contributed by atoms with Crippen molar-refractivity contribution in [2.24, 2.45) is 11.1 Å². The van der Waals surface area contributed by atoms with E-state index < -0.39 is 0 Å². The number of halogens is 1. The fourth-order valence-electron chi connectivity index (χ4n) is 2.01. The van der Waals surface area contributed by atoms with Crippen molar-refractivity contribution < 1.29 is 4.39 Å². The van der Waals surface area contributed by atoms with E-state index in [4.69, 9.17) is 5.73 Å². The van der Waals surface area contributed by atoms with Gasteiger partial charge in [0.05, 0.1) is 0 Å². The summed E-state index contributed by atoms with van der Waals surface area (Å²) in [4.78, 5) is 0. The fraction of sp³-hybridized carbons (Fsp3) is 0.500. The molecule has 1 aliphatic rings. The van der Waals surface area contributed by atoms with E-state index in [9.17, 15) is 4.39 Å². The second-order valence-electron chi connectivity index (χ2n) is 4.46. The van der Waals surface area contributed by atoms with Gasteiger partial charge in [-0.15, -0.1) is 0 Å². The maximum atomic E-state index is 12.9. The molecule has 1 saturated carbocycles. The Kier molecular flexibility index (Phi) is 2.31. The molecule has 2 heteroatoms. The maximum absolute atomic E-state index is 12.9. The van der Waals surface area contributed by atoms with Crippen molar-refractivity contribution in [3.63, 3.8) is 0 Å². The molecule has 0 saturated heterocycles. The Labute approximate surface area is 84.1 Å². The van der Waals surface area contributed by atoms with Gasteiger partial charge in [-0.2, -0.15) is 0 Å². The molecule has 2 rings (SSSR count). The van der Waals surface area contributed by atoms with Crippen LogP contribution in [0.5, 0.6) is 0 Å². The summed E-state index contributed by atoms with van der Waals surface area (Å²) in [5, 5.41) is 0. The van der Waals surface area contributed by atoms with Gasteiger partial charge in [0.2, 0.25) is 0 Å². The Morgan fingerprint density at radius 1 is 1.50 bits per heavy atom. The summed E-state index contributed by atoms with van der Waals surface area (Å²) in [5.41, 5.74) is 7.25. The highest BCUT2D eigenvalue weighted by Crippen LogP contribution is 2.50. The quantitative estimate of drug-likeness (QED) is 0.784. The predicted molar refractivity (Wildman–Crippen MR) is 55.4 cm³/mol. The van der Waals surface area contributed by atoms with E-state index in [1.807, 2.05) is 13.0 Å². The maximum Gasteiger partial charge on any atom is 0.123 e. The van der Waals surface area contributed by atoms with Gasteiger partial charge in [-0.25, -0.2) is 4.39 Å². The lowest BCUT2D eigenvalue weighted by molar-refractivity contribution is 0.418. The molecule has 0 amide bonds.